The second-order valence-electron chi connectivity index (χ2n) is 10.4. The van der Waals surface area contributed by atoms with Gasteiger partial charge in [-0.1, -0.05) is 79.7 Å². The molecule has 2 aliphatic carbocycles. The summed E-state index contributed by atoms with van der Waals surface area (Å²) in [6, 6.07) is 26.7. The van der Waals surface area contributed by atoms with E-state index in [-0.39, 0.29) is 11.5 Å². The van der Waals surface area contributed by atoms with Crippen molar-refractivity contribution in [2.75, 3.05) is 5.32 Å². The van der Waals surface area contributed by atoms with Gasteiger partial charge in [0, 0.05) is 53.1 Å². The van der Waals surface area contributed by atoms with Crippen LogP contribution < -0.4 is 15.8 Å². The number of rotatable bonds is 3. The molecule has 202 valence electrons. The summed E-state index contributed by atoms with van der Waals surface area (Å²) < 4.78 is 0. The number of nitro groups is 1. The molecular weight excluding hydrogens is 510 g/mol. The van der Waals surface area contributed by atoms with Gasteiger partial charge in [0.2, 0.25) is 0 Å². The van der Waals surface area contributed by atoms with Crippen LogP contribution in [0.15, 0.2) is 102 Å². The Morgan fingerprint density at radius 1 is 0.951 bits per heavy atom. The molecular formula is C35H29N3O3. The van der Waals surface area contributed by atoms with Crippen LogP contribution >= 0.6 is 0 Å². The van der Waals surface area contributed by atoms with E-state index in [4.69, 9.17) is 0 Å². The number of nitrogens with one attached hydrogen (secondary N) is 1. The third-order valence-electron chi connectivity index (χ3n) is 7.95. The van der Waals surface area contributed by atoms with Crippen molar-refractivity contribution >= 4 is 35.0 Å². The SMILES string of the molecule is C1=CNc2ccccc2C=N1.CC1CCC(C(=O)c2cccc([N+](=O)[O-])c2)=c2ccc3c(c21)CC=c1ccccc1=3. The van der Waals surface area contributed by atoms with Crippen molar-refractivity contribution in [2.45, 2.75) is 32.1 Å². The van der Waals surface area contributed by atoms with E-state index in [0.717, 1.165) is 34.9 Å². The lowest BCUT2D eigenvalue weighted by atomic mass is 9.78. The van der Waals surface area contributed by atoms with E-state index in [2.05, 4.69) is 59.7 Å². The Morgan fingerprint density at radius 2 is 1.76 bits per heavy atom. The molecule has 0 saturated heterocycles. The zero-order chi connectivity index (χ0) is 28.3. The Bertz CT molecular complexity index is 1970. The van der Waals surface area contributed by atoms with Crippen LogP contribution in [0.25, 0.3) is 11.6 Å². The molecule has 3 aliphatic rings. The van der Waals surface area contributed by atoms with Gasteiger partial charge in [-0.2, -0.15) is 0 Å². The lowest BCUT2D eigenvalue weighted by Crippen LogP contribution is -2.27. The highest BCUT2D eigenvalue weighted by Gasteiger charge is 2.25. The predicted octanol–water partition coefficient (Wildman–Crippen LogP) is 6.15. The smallest absolute Gasteiger partial charge is 0.270 e. The molecule has 1 atom stereocenters. The Hall–Kier alpha value is -5.10. The maximum atomic E-state index is 13.3. The van der Waals surface area contributed by atoms with Gasteiger partial charge in [-0.15, -0.1) is 0 Å². The summed E-state index contributed by atoms with van der Waals surface area (Å²) in [5, 5.41) is 19.0. The number of hydrogen-bond acceptors (Lipinski definition) is 5. The number of carbonyl (C=O) groups is 1. The lowest BCUT2D eigenvalue weighted by molar-refractivity contribution is -0.384. The van der Waals surface area contributed by atoms with E-state index in [1.165, 1.54) is 38.9 Å². The molecule has 7 rings (SSSR count). The van der Waals surface area contributed by atoms with Crippen LogP contribution in [0.5, 0.6) is 0 Å². The minimum absolute atomic E-state index is 0.0532. The largest absolute Gasteiger partial charge is 0.360 e. The molecule has 0 radical (unpaired) electrons. The fourth-order valence-electron chi connectivity index (χ4n) is 5.94. The van der Waals surface area contributed by atoms with Gasteiger partial charge in [-0.05, 0) is 63.2 Å². The molecule has 0 amide bonds. The second kappa shape index (κ2) is 11.2. The van der Waals surface area contributed by atoms with Gasteiger partial charge in [0.15, 0.2) is 5.78 Å². The van der Waals surface area contributed by atoms with E-state index in [1.54, 1.807) is 18.3 Å². The van der Waals surface area contributed by atoms with Crippen LogP contribution in [0.1, 0.15) is 52.7 Å². The van der Waals surface area contributed by atoms with E-state index in [1.807, 2.05) is 36.7 Å². The van der Waals surface area contributed by atoms with Crippen LogP contribution in [-0.4, -0.2) is 16.9 Å². The molecule has 6 heteroatoms. The fourth-order valence-corrected chi connectivity index (χ4v) is 5.94. The Balaban J connectivity index is 0.000000229. The maximum Gasteiger partial charge on any atom is 0.270 e. The summed E-state index contributed by atoms with van der Waals surface area (Å²) in [7, 11) is 0. The number of benzene rings is 4. The van der Waals surface area contributed by atoms with Crippen molar-refractivity contribution in [3.63, 3.8) is 0 Å². The average Bonchev–Trinajstić information content (AvgIpc) is 3.27. The number of para-hydroxylation sites is 1. The number of nitro benzene ring substituents is 1. The summed E-state index contributed by atoms with van der Waals surface area (Å²) >= 11 is 0. The number of non-ortho nitro benzene ring substituents is 1. The molecule has 4 aromatic rings. The minimum atomic E-state index is -0.456. The first-order chi connectivity index (χ1) is 20.0. The third kappa shape index (κ3) is 5.12. The van der Waals surface area contributed by atoms with Crippen molar-refractivity contribution < 1.29 is 9.72 Å². The number of aliphatic imine (C=N–C) groups is 1. The van der Waals surface area contributed by atoms with E-state index >= 15 is 0 Å². The Labute approximate surface area is 237 Å². The minimum Gasteiger partial charge on any atom is -0.360 e. The summed E-state index contributed by atoms with van der Waals surface area (Å²) in [6.07, 6.45) is 10.1. The number of Topliss-reactive ketones (excluding diaryl/α,β-unsaturated/α-hetero) is 1. The molecule has 4 aromatic carbocycles. The highest BCUT2D eigenvalue weighted by Crippen LogP contribution is 2.31. The first-order valence-corrected chi connectivity index (χ1v) is 13.8. The van der Waals surface area contributed by atoms with Gasteiger partial charge in [0.1, 0.15) is 0 Å². The summed E-state index contributed by atoms with van der Waals surface area (Å²) in [6.45, 7) is 2.23. The summed E-state index contributed by atoms with van der Waals surface area (Å²) in [5.74, 6) is 0.266. The first-order valence-electron chi connectivity index (χ1n) is 13.8. The summed E-state index contributed by atoms with van der Waals surface area (Å²) in [4.78, 5) is 28.1. The third-order valence-corrected chi connectivity index (χ3v) is 7.95. The molecule has 1 aliphatic heterocycles. The van der Waals surface area contributed by atoms with Gasteiger partial charge in [0.05, 0.1) is 4.92 Å². The first kappa shape index (κ1) is 26.1. The number of ketones is 1. The van der Waals surface area contributed by atoms with E-state index < -0.39 is 4.92 Å². The zero-order valence-corrected chi connectivity index (χ0v) is 22.7. The van der Waals surface area contributed by atoms with Gasteiger partial charge >= 0.3 is 0 Å². The molecule has 1 heterocycles. The molecule has 0 fully saturated rings. The Morgan fingerprint density at radius 3 is 2.63 bits per heavy atom. The molecule has 1 unspecified atom stereocenters. The van der Waals surface area contributed by atoms with Crippen LogP contribution in [0, 0.1) is 20.6 Å². The number of anilines is 1. The molecule has 0 aromatic heterocycles. The molecule has 1 N–H and O–H groups in total. The Kier molecular flexibility index (Phi) is 7.13. The zero-order valence-electron chi connectivity index (χ0n) is 22.7. The molecule has 0 saturated carbocycles. The van der Waals surface area contributed by atoms with Crippen LogP contribution in [0.3, 0.4) is 0 Å². The van der Waals surface area contributed by atoms with Crippen molar-refractivity contribution in [2.24, 2.45) is 4.99 Å². The van der Waals surface area contributed by atoms with Crippen molar-refractivity contribution in [1.82, 2.24) is 0 Å². The standard InChI is InChI=1S/C26H21NO3.C9H8N2/c1-16-9-11-24(26(28)18-6-4-7-19(15-18)27(29)30)23-14-13-21-20-8-3-2-5-17(20)10-12-22(21)25(16)23;1-2-4-9-8(3-1)7-10-5-6-11-9/h2-8,10,13-16H,9,11-12H2,1H3;1-7,11H. The van der Waals surface area contributed by atoms with Crippen molar-refractivity contribution in [3.8, 4) is 0 Å². The number of carbonyl (C=O) groups excluding carboxylic acids is 1. The van der Waals surface area contributed by atoms with Gasteiger partial charge < -0.3 is 5.32 Å². The predicted molar refractivity (Wildman–Crippen MR) is 163 cm³/mol. The molecule has 0 bridgehead atoms. The topological polar surface area (TPSA) is 84.6 Å². The van der Waals surface area contributed by atoms with Gasteiger partial charge in [-0.25, -0.2) is 0 Å². The van der Waals surface area contributed by atoms with Crippen LogP contribution in [0.2, 0.25) is 0 Å². The normalized spacial score (nSPS) is 15.8. The van der Waals surface area contributed by atoms with E-state index in [9.17, 15) is 14.9 Å². The number of fused-ring (bicyclic) bond motifs is 5. The molecule has 6 nitrogen and oxygen atoms in total. The highest BCUT2D eigenvalue weighted by molar-refractivity contribution is 6.24. The monoisotopic (exact) mass is 539 g/mol. The highest BCUT2D eigenvalue weighted by atomic mass is 16.6. The quantitative estimate of drug-likeness (QED) is 0.192. The van der Waals surface area contributed by atoms with Gasteiger partial charge in [0.25, 0.3) is 5.69 Å². The number of nitrogens with zero attached hydrogens (tertiary/aromatic N) is 2. The van der Waals surface area contributed by atoms with Gasteiger partial charge in [-0.3, -0.25) is 19.9 Å². The van der Waals surface area contributed by atoms with E-state index in [0.29, 0.717) is 17.9 Å². The molecule has 0 spiro atoms. The van der Waals surface area contributed by atoms with Crippen molar-refractivity contribution in [1.29, 1.82) is 0 Å². The van der Waals surface area contributed by atoms with Crippen LogP contribution in [0.4, 0.5) is 11.4 Å². The fraction of sp³-hybridized carbons (Fsp3) is 0.143. The maximum absolute atomic E-state index is 13.3. The molecule has 41 heavy (non-hydrogen) atoms. The second-order valence-corrected chi connectivity index (χ2v) is 10.4. The number of hydrogen-bond donors (Lipinski definition) is 1. The van der Waals surface area contributed by atoms with Crippen LogP contribution in [-0.2, 0) is 6.42 Å². The summed E-state index contributed by atoms with van der Waals surface area (Å²) in [5.41, 5.74) is 5.89. The van der Waals surface area contributed by atoms with Crippen molar-refractivity contribution in [3.05, 3.63) is 151 Å². The average molecular weight is 540 g/mol. The lowest BCUT2D eigenvalue weighted by Gasteiger charge is -2.25.